The van der Waals surface area contributed by atoms with Crippen molar-refractivity contribution in [1.82, 2.24) is 20.4 Å². The van der Waals surface area contributed by atoms with Gasteiger partial charge < -0.3 is 20.3 Å². The lowest BCUT2D eigenvalue weighted by Gasteiger charge is -2.27. The second-order valence-corrected chi connectivity index (χ2v) is 6.72. The van der Waals surface area contributed by atoms with E-state index in [4.69, 9.17) is 4.74 Å². The zero-order valence-corrected chi connectivity index (χ0v) is 16.5. The fourth-order valence-corrected chi connectivity index (χ4v) is 3.02. The molecule has 0 aliphatic carbocycles. The summed E-state index contributed by atoms with van der Waals surface area (Å²) in [5.74, 6) is -0.447. The van der Waals surface area contributed by atoms with E-state index in [1.165, 1.54) is 18.2 Å². The summed E-state index contributed by atoms with van der Waals surface area (Å²) in [5.41, 5.74) is 0.0513. The highest BCUT2D eigenvalue weighted by atomic mass is 19.1. The number of hydrogen-bond acceptors (Lipinski definition) is 4. The van der Waals surface area contributed by atoms with Crippen LogP contribution in [-0.2, 0) is 4.74 Å². The third kappa shape index (κ3) is 6.71. The van der Waals surface area contributed by atoms with Crippen molar-refractivity contribution in [2.24, 2.45) is 4.99 Å². The molecule has 1 saturated heterocycles. The van der Waals surface area contributed by atoms with Crippen molar-refractivity contribution in [1.29, 1.82) is 0 Å². The van der Waals surface area contributed by atoms with Crippen LogP contribution in [0.15, 0.2) is 23.2 Å². The largest absolute Gasteiger partial charge is 0.379 e. The van der Waals surface area contributed by atoms with Gasteiger partial charge in [-0.3, -0.25) is 9.89 Å². The molecule has 2 N–H and O–H groups in total. The molecule has 0 radical (unpaired) electrons. The molecule has 1 heterocycles. The second kappa shape index (κ2) is 11.2. The lowest BCUT2D eigenvalue weighted by molar-refractivity contribution is 0.0389. The lowest BCUT2D eigenvalue weighted by Crippen LogP contribution is -2.44. The number of nitrogens with one attached hydrogen (secondary N) is 2. The summed E-state index contributed by atoms with van der Waals surface area (Å²) in [6, 6.07) is 3.46. The number of aliphatic imine (C=N–C) groups is 1. The van der Waals surface area contributed by atoms with E-state index in [2.05, 4.69) is 20.5 Å². The molecule has 0 spiro atoms. The Labute approximate surface area is 160 Å². The Morgan fingerprint density at radius 3 is 2.48 bits per heavy atom. The van der Waals surface area contributed by atoms with Gasteiger partial charge in [-0.1, -0.05) is 6.07 Å². The fraction of sp³-hybridized carbons (Fsp3) is 0.632. The average Bonchev–Trinajstić information content (AvgIpc) is 2.64. The van der Waals surface area contributed by atoms with Gasteiger partial charge in [0.1, 0.15) is 11.6 Å². The minimum absolute atomic E-state index is 0.0513. The van der Waals surface area contributed by atoms with Crippen molar-refractivity contribution in [3.05, 3.63) is 35.4 Å². The number of halogens is 2. The van der Waals surface area contributed by atoms with Crippen LogP contribution in [0, 0.1) is 11.6 Å². The molecule has 0 bridgehead atoms. The first-order valence-electron chi connectivity index (χ1n) is 9.45. The quantitative estimate of drug-likeness (QED) is 0.526. The number of nitrogens with zero attached hydrogens (tertiary/aromatic N) is 3. The van der Waals surface area contributed by atoms with E-state index < -0.39 is 17.7 Å². The van der Waals surface area contributed by atoms with Gasteiger partial charge in [0, 0.05) is 38.3 Å². The predicted octanol–water partition coefficient (Wildman–Crippen LogP) is 1.45. The van der Waals surface area contributed by atoms with E-state index in [1.54, 1.807) is 19.0 Å². The first kappa shape index (κ1) is 21.5. The zero-order chi connectivity index (χ0) is 19.6. The van der Waals surface area contributed by atoms with Gasteiger partial charge in [0.05, 0.1) is 25.8 Å². The molecule has 1 aromatic rings. The third-order valence-corrected chi connectivity index (χ3v) is 4.55. The van der Waals surface area contributed by atoms with Crippen LogP contribution >= 0.6 is 0 Å². The molecule has 6 nitrogen and oxygen atoms in total. The highest BCUT2D eigenvalue weighted by molar-refractivity contribution is 5.79. The molecule has 27 heavy (non-hydrogen) atoms. The fourth-order valence-electron chi connectivity index (χ4n) is 3.02. The van der Waals surface area contributed by atoms with Crippen LogP contribution in [0.2, 0.25) is 0 Å². The Hall–Kier alpha value is -1.77. The lowest BCUT2D eigenvalue weighted by atomic mass is 10.0. The van der Waals surface area contributed by atoms with E-state index in [1.807, 2.05) is 6.92 Å². The van der Waals surface area contributed by atoms with Gasteiger partial charge in [0.25, 0.3) is 0 Å². The average molecular weight is 383 g/mol. The topological polar surface area (TPSA) is 52.1 Å². The maximum absolute atomic E-state index is 14.2. The Balaban J connectivity index is 1.99. The van der Waals surface area contributed by atoms with Crippen LogP contribution < -0.4 is 10.6 Å². The summed E-state index contributed by atoms with van der Waals surface area (Å²) >= 11 is 0. The van der Waals surface area contributed by atoms with Crippen molar-refractivity contribution < 1.29 is 13.5 Å². The maximum atomic E-state index is 14.2. The van der Waals surface area contributed by atoms with E-state index in [0.717, 1.165) is 39.4 Å². The first-order valence-corrected chi connectivity index (χ1v) is 9.45. The molecule has 0 amide bonds. The summed E-state index contributed by atoms with van der Waals surface area (Å²) in [5, 5.41) is 6.48. The van der Waals surface area contributed by atoms with E-state index in [9.17, 15) is 8.78 Å². The summed E-state index contributed by atoms with van der Waals surface area (Å²) in [6.07, 6.45) is 0. The number of benzene rings is 1. The van der Waals surface area contributed by atoms with Crippen LogP contribution in [0.25, 0.3) is 0 Å². The van der Waals surface area contributed by atoms with Crippen LogP contribution in [0.3, 0.4) is 0 Å². The van der Waals surface area contributed by atoms with Gasteiger partial charge in [-0.2, -0.15) is 0 Å². The van der Waals surface area contributed by atoms with Crippen molar-refractivity contribution in [2.45, 2.75) is 13.0 Å². The monoisotopic (exact) mass is 383 g/mol. The van der Waals surface area contributed by atoms with Gasteiger partial charge in [-0.15, -0.1) is 0 Å². The molecule has 0 saturated carbocycles. The Kier molecular flexibility index (Phi) is 8.90. The summed E-state index contributed by atoms with van der Waals surface area (Å²) in [6.45, 7) is 8.00. The van der Waals surface area contributed by atoms with E-state index in [-0.39, 0.29) is 12.1 Å². The molecule has 1 unspecified atom stereocenters. The van der Waals surface area contributed by atoms with Crippen LogP contribution in [0.5, 0.6) is 0 Å². The molecule has 2 rings (SSSR count). The molecule has 1 aromatic carbocycles. The smallest absolute Gasteiger partial charge is 0.191 e. The highest BCUT2D eigenvalue weighted by Crippen LogP contribution is 2.24. The van der Waals surface area contributed by atoms with Gasteiger partial charge in [0.2, 0.25) is 0 Å². The Morgan fingerprint density at radius 1 is 1.22 bits per heavy atom. The number of guanidine groups is 1. The SMILES string of the molecule is CCNC(=NCC(c1c(F)cccc1F)N(C)C)NCCN1CCOCC1. The molecule has 152 valence electrons. The number of ether oxygens (including phenoxy) is 1. The zero-order valence-electron chi connectivity index (χ0n) is 16.5. The molecular weight excluding hydrogens is 352 g/mol. The number of rotatable bonds is 8. The molecule has 1 aliphatic heterocycles. The summed E-state index contributed by atoms with van der Waals surface area (Å²) < 4.78 is 33.7. The second-order valence-electron chi connectivity index (χ2n) is 6.72. The maximum Gasteiger partial charge on any atom is 0.191 e. The standard InChI is InChI=1S/C19H31F2N5O/c1-4-22-19(23-8-9-26-10-12-27-13-11-26)24-14-17(25(2)3)18-15(20)6-5-7-16(18)21/h5-7,17H,4,8-14H2,1-3H3,(H2,22,23,24). The number of likely N-dealkylation sites (N-methyl/N-ethyl adjacent to an activating group) is 1. The van der Waals surface area contributed by atoms with Gasteiger partial charge in [-0.05, 0) is 33.2 Å². The van der Waals surface area contributed by atoms with Crippen LogP contribution in [-0.4, -0.2) is 82.3 Å². The summed E-state index contributed by atoms with van der Waals surface area (Å²) in [7, 11) is 3.59. The van der Waals surface area contributed by atoms with Crippen molar-refractivity contribution >= 4 is 5.96 Å². The molecule has 0 aromatic heterocycles. The van der Waals surface area contributed by atoms with Crippen molar-refractivity contribution in [2.75, 3.05) is 66.6 Å². The van der Waals surface area contributed by atoms with Crippen molar-refractivity contribution in [3.63, 3.8) is 0 Å². The Bertz CT molecular complexity index is 586. The first-order chi connectivity index (χ1) is 13.0. The van der Waals surface area contributed by atoms with Crippen LogP contribution in [0.1, 0.15) is 18.5 Å². The minimum atomic E-state index is -0.547. The molecule has 1 fully saturated rings. The van der Waals surface area contributed by atoms with Gasteiger partial charge in [-0.25, -0.2) is 8.78 Å². The number of hydrogen-bond donors (Lipinski definition) is 2. The molecule has 8 heteroatoms. The van der Waals surface area contributed by atoms with Crippen LogP contribution in [0.4, 0.5) is 8.78 Å². The van der Waals surface area contributed by atoms with E-state index >= 15 is 0 Å². The molecular formula is C19H31F2N5O. The van der Waals surface area contributed by atoms with Gasteiger partial charge >= 0.3 is 0 Å². The van der Waals surface area contributed by atoms with E-state index in [0.29, 0.717) is 12.5 Å². The highest BCUT2D eigenvalue weighted by Gasteiger charge is 2.22. The van der Waals surface area contributed by atoms with Crippen molar-refractivity contribution in [3.8, 4) is 0 Å². The molecule has 1 atom stereocenters. The Morgan fingerprint density at radius 2 is 1.89 bits per heavy atom. The van der Waals surface area contributed by atoms with Gasteiger partial charge in [0.15, 0.2) is 5.96 Å². The number of morpholine rings is 1. The minimum Gasteiger partial charge on any atom is -0.379 e. The normalized spacial score (nSPS) is 17.2. The summed E-state index contributed by atoms with van der Waals surface area (Å²) in [4.78, 5) is 8.66. The predicted molar refractivity (Wildman–Crippen MR) is 104 cm³/mol. The third-order valence-electron chi connectivity index (χ3n) is 4.55. The molecule has 1 aliphatic rings.